The number of rotatable bonds is 7. The molecule has 0 spiro atoms. The second kappa shape index (κ2) is 8.43. The lowest BCUT2D eigenvalue weighted by Crippen LogP contribution is -2.07. The van der Waals surface area contributed by atoms with Crippen LogP contribution in [0.2, 0.25) is 0 Å². The summed E-state index contributed by atoms with van der Waals surface area (Å²) in [6.07, 6.45) is 5.28. The summed E-state index contributed by atoms with van der Waals surface area (Å²) in [5, 5.41) is 12.5. The number of aromatic nitrogens is 2. The Balaban J connectivity index is 1.94. The van der Waals surface area contributed by atoms with Gasteiger partial charge < -0.3 is 4.74 Å². The van der Waals surface area contributed by atoms with E-state index in [9.17, 15) is 4.79 Å². The number of carbonyl (C=O) groups excluding carboxylic acids is 1. The number of amides is 1. The van der Waals surface area contributed by atoms with Gasteiger partial charge in [0.1, 0.15) is 10.8 Å². The van der Waals surface area contributed by atoms with Crippen LogP contribution in [0.1, 0.15) is 43.2 Å². The summed E-state index contributed by atoms with van der Waals surface area (Å²) in [4.78, 5) is 11.9. The maximum atomic E-state index is 11.9. The smallest absolute Gasteiger partial charge is 0.250 e. The third-order valence-corrected chi connectivity index (χ3v) is 4.55. The first kappa shape index (κ1) is 17.1. The van der Waals surface area contributed by atoms with E-state index in [4.69, 9.17) is 4.74 Å². The molecule has 1 heterocycles. The highest BCUT2D eigenvalue weighted by atomic mass is 32.1. The normalized spacial score (nSPS) is 11.1. The van der Waals surface area contributed by atoms with Crippen molar-refractivity contribution in [2.24, 2.45) is 0 Å². The van der Waals surface area contributed by atoms with E-state index in [1.54, 1.807) is 13.2 Å². The number of nitrogens with one attached hydrogen (secondary N) is 1. The van der Waals surface area contributed by atoms with Crippen molar-refractivity contribution in [1.29, 1.82) is 0 Å². The second-order valence-electron chi connectivity index (χ2n) is 5.05. The van der Waals surface area contributed by atoms with E-state index in [0.717, 1.165) is 29.2 Å². The van der Waals surface area contributed by atoms with Gasteiger partial charge in [0.2, 0.25) is 11.0 Å². The van der Waals surface area contributed by atoms with Gasteiger partial charge in [-0.05, 0) is 36.6 Å². The van der Waals surface area contributed by atoms with E-state index in [1.165, 1.54) is 17.4 Å². The molecule has 5 nitrogen and oxygen atoms in total. The summed E-state index contributed by atoms with van der Waals surface area (Å²) < 4.78 is 5.10. The maximum absolute atomic E-state index is 11.9. The molecule has 0 atom stereocenters. The fourth-order valence-corrected chi connectivity index (χ4v) is 3.13. The van der Waals surface area contributed by atoms with Gasteiger partial charge in [0.25, 0.3) is 0 Å². The van der Waals surface area contributed by atoms with Crippen molar-refractivity contribution in [1.82, 2.24) is 10.2 Å². The molecule has 0 aliphatic rings. The van der Waals surface area contributed by atoms with Crippen LogP contribution in [-0.4, -0.2) is 23.2 Å². The minimum Gasteiger partial charge on any atom is -0.497 e. The molecule has 1 N–H and O–H groups in total. The predicted molar refractivity (Wildman–Crippen MR) is 93.9 cm³/mol. The Morgan fingerprint density at radius 1 is 1.26 bits per heavy atom. The lowest BCUT2D eigenvalue weighted by molar-refractivity contribution is -0.111. The van der Waals surface area contributed by atoms with Gasteiger partial charge in [-0.1, -0.05) is 37.3 Å². The number of ether oxygens (including phenoxy) is 1. The first-order valence-corrected chi connectivity index (χ1v) is 8.44. The zero-order valence-electron chi connectivity index (χ0n) is 13.6. The quantitative estimate of drug-likeness (QED) is 0.776. The molecule has 0 saturated heterocycles. The molecule has 1 amide bonds. The summed E-state index contributed by atoms with van der Waals surface area (Å²) in [6.45, 7) is 4.26. The van der Waals surface area contributed by atoms with E-state index < -0.39 is 0 Å². The second-order valence-corrected chi connectivity index (χ2v) is 6.06. The highest BCUT2D eigenvalue weighted by molar-refractivity contribution is 7.15. The number of methoxy groups -OCH3 is 1. The molecule has 1 aromatic carbocycles. The summed E-state index contributed by atoms with van der Waals surface area (Å²) in [5.74, 6) is 0.982. The van der Waals surface area contributed by atoms with Gasteiger partial charge in [0.15, 0.2) is 0 Å². The zero-order valence-corrected chi connectivity index (χ0v) is 14.4. The molecule has 2 aromatic rings. The molecule has 6 heteroatoms. The first-order chi connectivity index (χ1) is 11.2. The zero-order chi connectivity index (χ0) is 16.7. The van der Waals surface area contributed by atoms with Crippen molar-refractivity contribution >= 4 is 28.5 Å². The Morgan fingerprint density at radius 3 is 2.57 bits per heavy atom. The molecule has 0 fully saturated rings. The molecule has 2 rings (SSSR count). The maximum Gasteiger partial charge on any atom is 0.250 e. The Morgan fingerprint density at radius 2 is 1.96 bits per heavy atom. The molecule has 122 valence electrons. The van der Waals surface area contributed by atoms with Crippen LogP contribution in [0, 0.1) is 0 Å². The van der Waals surface area contributed by atoms with E-state index in [2.05, 4.69) is 29.4 Å². The van der Waals surface area contributed by atoms with Crippen LogP contribution in [0.3, 0.4) is 0 Å². The van der Waals surface area contributed by atoms with Crippen molar-refractivity contribution in [3.63, 3.8) is 0 Å². The van der Waals surface area contributed by atoms with Crippen LogP contribution >= 0.6 is 11.3 Å². The predicted octanol–water partition coefficient (Wildman–Crippen LogP) is 4.10. The molecule has 0 saturated carbocycles. The van der Waals surface area contributed by atoms with Crippen molar-refractivity contribution in [3.05, 3.63) is 40.9 Å². The number of nitrogens with zero attached hydrogens (tertiary/aromatic N) is 2. The van der Waals surface area contributed by atoms with Gasteiger partial charge in [-0.2, -0.15) is 0 Å². The minimum absolute atomic E-state index is 0.215. The Hall–Kier alpha value is -2.21. The highest BCUT2D eigenvalue weighted by Crippen LogP contribution is 2.28. The van der Waals surface area contributed by atoms with Crippen LogP contribution in [0.5, 0.6) is 5.75 Å². The van der Waals surface area contributed by atoms with Crippen molar-refractivity contribution in [2.75, 3.05) is 12.4 Å². The molecular formula is C17H21N3O2S. The van der Waals surface area contributed by atoms with Crippen LogP contribution < -0.4 is 10.1 Å². The van der Waals surface area contributed by atoms with E-state index in [1.807, 2.05) is 24.3 Å². The number of hydrogen-bond acceptors (Lipinski definition) is 5. The Kier molecular flexibility index (Phi) is 6.29. The lowest BCUT2D eigenvalue weighted by Gasteiger charge is -2.05. The van der Waals surface area contributed by atoms with E-state index in [0.29, 0.717) is 11.0 Å². The molecule has 0 aliphatic heterocycles. The van der Waals surface area contributed by atoms with Crippen molar-refractivity contribution < 1.29 is 9.53 Å². The van der Waals surface area contributed by atoms with Crippen LogP contribution in [0.15, 0.2) is 30.3 Å². The average Bonchev–Trinajstić information content (AvgIpc) is 3.03. The van der Waals surface area contributed by atoms with Crippen LogP contribution in [0.4, 0.5) is 5.13 Å². The Labute approximate surface area is 140 Å². The van der Waals surface area contributed by atoms with E-state index in [-0.39, 0.29) is 5.91 Å². The third kappa shape index (κ3) is 4.89. The van der Waals surface area contributed by atoms with Crippen LogP contribution in [0.25, 0.3) is 6.08 Å². The SMILES string of the molecule is CCC(CC)c1nnc(NC(=O)/C=C/c2ccc(OC)cc2)s1. The topological polar surface area (TPSA) is 64.1 Å². The molecule has 23 heavy (non-hydrogen) atoms. The largest absolute Gasteiger partial charge is 0.497 e. The number of hydrogen-bond donors (Lipinski definition) is 1. The fraction of sp³-hybridized carbons (Fsp3) is 0.353. The van der Waals surface area contributed by atoms with Crippen molar-refractivity contribution in [3.8, 4) is 5.75 Å². The first-order valence-electron chi connectivity index (χ1n) is 7.62. The molecule has 0 aliphatic carbocycles. The monoisotopic (exact) mass is 331 g/mol. The minimum atomic E-state index is -0.215. The lowest BCUT2D eigenvalue weighted by atomic mass is 10.1. The molecular weight excluding hydrogens is 310 g/mol. The Bertz CT molecular complexity index is 661. The standard InChI is InChI=1S/C17H21N3O2S/c1-4-13(5-2)16-19-20-17(23-16)18-15(21)11-8-12-6-9-14(22-3)10-7-12/h6-11,13H,4-5H2,1-3H3,(H,18,20,21)/b11-8+. The number of anilines is 1. The average molecular weight is 331 g/mol. The molecule has 0 bridgehead atoms. The fourth-order valence-electron chi connectivity index (χ4n) is 2.12. The summed E-state index contributed by atoms with van der Waals surface area (Å²) >= 11 is 1.44. The molecule has 0 radical (unpaired) electrons. The van der Waals surface area contributed by atoms with E-state index >= 15 is 0 Å². The third-order valence-electron chi connectivity index (χ3n) is 3.55. The van der Waals surface area contributed by atoms with Gasteiger partial charge in [0.05, 0.1) is 7.11 Å². The van der Waals surface area contributed by atoms with Crippen LogP contribution in [-0.2, 0) is 4.79 Å². The van der Waals surface area contributed by atoms with Crippen molar-refractivity contribution in [2.45, 2.75) is 32.6 Å². The summed E-state index contributed by atoms with van der Waals surface area (Å²) in [6, 6.07) is 7.48. The molecule has 1 aromatic heterocycles. The van der Waals surface area contributed by atoms with Gasteiger partial charge in [-0.3, -0.25) is 10.1 Å². The van der Waals surface area contributed by atoms with Gasteiger partial charge in [0, 0.05) is 12.0 Å². The number of carbonyl (C=O) groups is 1. The van der Waals surface area contributed by atoms with Gasteiger partial charge in [-0.25, -0.2) is 0 Å². The van der Waals surface area contributed by atoms with Gasteiger partial charge in [-0.15, -0.1) is 10.2 Å². The van der Waals surface area contributed by atoms with Gasteiger partial charge >= 0.3 is 0 Å². The molecule has 0 unspecified atom stereocenters. The number of benzene rings is 1. The summed E-state index contributed by atoms with van der Waals surface area (Å²) in [5.41, 5.74) is 0.927. The summed E-state index contributed by atoms with van der Waals surface area (Å²) in [7, 11) is 1.62. The highest BCUT2D eigenvalue weighted by Gasteiger charge is 2.13.